The number of hydrogen-bond donors (Lipinski definition) is 3. The Hall–Kier alpha value is -1.91. The molecule has 0 fully saturated rings. The van der Waals surface area contributed by atoms with Crippen LogP contribution in [0.15, 0.2) is 12.1 Å². The minimum Gasteiger partial charge on any atom is -0.508 e. The van der Waals surface area contributed by atoms with Crippen LogP contribution in [-0.4, -0.2) is 27.9 Å². The lowest BCUT2D eigenvalue weighted by Gasteiger charge is -2.14. The molecule has 5 nitrogen and oxygen atoms in total. The first kappa shape index (κ1) is 18.1. The first-order valence-corrected chi connectivity index (χ1v) is 7.87. The SMILES string of the molecule is CCCCC(CC)COC(=O)CCc1cc(O)c(O)cc1O. The third-order valence-electron chi connectivity index (χ3n) is 3.80. The summed E-state index contributed by atoms with van der Waals surface area (Å²) in [5.74, 6) is -0.758. The number of carbonyl (C=O) groups is 1. The molecule has 1 atom stereocenters. The van der Waals surface area contributed by atoms with Crippen molar-refractivity contribution in [2.75, 3.05) is 6.61 Å². The average molecular weight is 310 g/mol. The Morgan fingerprint density at radius 1 is 1.14 bits per heavy atom. The first-order valence-electron chi connectivity index (χ1n) is 7.87. The van der Waals surface area contributed by atoms with Crippen molar-refractivity contribution in [1.82, 2.24) is 0 Å². The smallest absolute Gasteiger partial charge is 0.306 e. The molecule has 0 aliphatic heterocycles. The Morgan fingerprint density at radius 3 is 2.45 bits per heavy atom. The molecule has 0 spiro atoms. The van der Waals surface area contributed by atoms with E-state index >= 15 is 0 Å². The minimum absolute atomic E-state index is 0.127. The van der Waals surface area contributed by atoms with Crippen molar-refractivity contribution in [3.8, 4) is 17.2 Å². The van der Waals surface area contributed by atoms with E-state index in [0.29, 0.717) is 18.1 Å². The molecule has 0 radical (unpaired) electrons. The molecular weight excluding hydrogens is 284 g/mol. The molecule has 22 heavy (non-hydrogen) atoms. The second-order valence-corrected chi connectivity index (χ2v) is 5.57. The zero-order valence-electron chi connectivity index (χ0n) is 13.3. The summed E-state index contributed by atoms with van der Waals surface area (Å²) in [5.41, 5.74) is 0.408. The Balaban J connectivity index is 2.41. The number of hydrogen-bond acceptors (Lipinski definition) is 5. The fourth-order valence-electron chi connectivity index (χ4n) is 2.23. The van der Waals surface area contributed by atoms with Gasteiger partial charge in [0.25, 0.3) is 0 Å². The van der Waals surface area contributed by atoms with Crippen LogP contribution in [0.5, 0.6) is 17.2 Å². The summed E-state index contributed by atoms with van der Waals surface area (Å²) in [7, 11) is 0. The summed E-state index contributed by atoms with van der Waals surface area (Å²) in [4.78, 5) is 11.8. The fourth-order valence-corrected chi connectivity index (χ4v) is 2.23. The van der Waals surface area contributed by atoms with E-state index in [4.69, 9.17) is 4.74 Å². The van der Waals surface area contributed by atoms with Gasteiger partial charge >= 0.3 is 5.97 Å². The molecular formula is C17H26O5. The number of carbonyl (C=O) groups excluding carboxylic acids is 1. The largest absolute Gasteiger partial charge is 0.508 e. The fraction of sp³-hybridized carbons (Fsp3) is 0.588. The van der Waals surface area contributed by atoms with Crippen LogP contribution >= 0.6 is 0 Å². The molecule has 0 amide bonds. The van der Waals surface area contributed by atoms with Gasteiger partial charge in [-0.15, -0.1) is 0 Å². The summed E-state index contributed by atoms with van der Waals surface area (Å²) >= 11 is 0. The van der Waals surface area contributed by atoms with Gasteiger partial charge in [-0.3, -0.25) is 4.79 Å². The highest BCUT2D eigenvalue weighted by atomic mass is 16.5. The van der Waals surface area contributed by atoms with Crippen molar-refractivity contribution in [3.63, 3.8) is 0 Å². The second-order valence-electron chi connectivity index (χ2n) is 5.57. The van der Waals surface area contributed by atoms with Crippen molar-refractivity contribution < 1.29 is 24.9 Å². The summed E-state index contributed by atoms with van der Waals surface area (Å²) in [5, 5.41) is 28.3. The third-order valence-corrected chi connectivity index (χ3v) is 3.80. The molecule has 124 valence electrons. The van der Waals surface area contributed by atoms with Crippen LogP contribution in [0.2, 0.25) is 0 Å². The lowest BCUT2D eigenvalue weighted by atomic mass is 10.0. The predicted octanol–water partition coefficient (Wildman–Crippen LogP) is 3.50. The number of rotatable bonds is 9. The summed E-state index contributed by atoms with van der Waals surface area (Å²) in [6, 6.07) is 2.32. The molecule has 5 heteroatoms. The van der Waals surface area contributed by atoms with Crippen LogP contribution < -0.4 is 0 Å². The first-order chi connectivity index (χ1) is 10.5. The van der Waals surface area contributed by atoms with Crippen LogP contribution in [0.3, 0.4) is 0 Å². The molecule has 0 aliphatic carbocycles. The molecule has 0 saturated heterocycles. The highest BCUT2D eigenvalue weighted by molar-refractivity contribution is 5.70. The average Bonchev–Trinajstić information content (AvgIpc) is 2.49. The molecule has 1 aromatic carbocycles. The van der Waals surface area contributed by atoms with Gasteiger partial charge < -0.3 is 20.1 Å². The van der Waals surface area contributed by atoms with E-state index in [1.165, 1.54) is 6.07 Å². The lowest BCUT2D eigenvalue weighted by Crippen LogP contribution is -2.14. The maximum atomic E-state index is 11.8. The molecule has 0 aromatic heterocycles. The number of ether oxygens (including phenoxy) is 1. The van der Waals surface area contributed by atoms with E-state index in [-0.39, 0.29) is 36.1 Å². The molecule has 1 rings (SSSR count). The molecule has 0 bridgehead atoms. The number of aromatic hydroxyl groups is 3. The van der Waals surface area contributed by atoms with Crippen LogP contribution in [0.25, 0.3) is 0 Å². The van der Waals surface area contributed by atoms with Gasteiger partial charge in [0, 0.05) is 12.5 Å². The molecule has 0 aliphatic rings. The van der Waals surface area contributed by atoms with Crippen LogP contribution in [0, 0.1) is 5.92 Å². The number of phenolic OH excluding ortho intramolecular Hbond substituents is 3. The minimum atomic E-state index is -0.384. The normalized spacial score (nSPS) is 12.1. The molecule has 3 N–H and O–H groups in total. The monoisotopic (exact) mass is 310 g/mol. The van der Waals surface area contributed by atoms with Gasteiger partial charge in [-0.05, 0) is 30.4 Å². The number of unbranched alkanes of at least 4 members (excludes halogenated alkanes) is 1. The number of benzene rings is 1. The highest BCUT2D eigenvalue weighted by Crippen LogP contribution is 2.32. The number of aryl methyl sites for hydroxylation is 1. The second kappa shape index (κ2) is 9.18. The Morgan fingerprint density at radius 2 is 1.82 bits per heavy atom. The summed E-state index contributed by atoms with van der Waals surface area (Å²) in [6.45, 7) is 4.66. The van der Waals surface area contributed by atoms with Crippen LogP contribution in [0.4, 0.5) is 0 Å². The maximum absolute atomic E-state index is 11.8. The summed E-state index contributed by atoms with van der Waals surface area (Å²) in [6.07, 6.45) is 4.70. The quantitative estimate of drug-likeness (QED) is 0.369. The molecule has 1 unspecified atom stereocenters. The van der Waals surface area contributed by atoms with Gasteiger partial charge in [0.1, 0.15) is 5.75 Å². The van der Waals surface area contributed by atoms with Gasteiger partial charge in [0.05, 0.1) is 6.61 Å². The third kappa shape index (κ3) is 5.84. The van der Waals surface area contributed by atoms with Crippen molar-refractivity contribution in [2.24, 2.45) is 5.92 Å². The zero-order chi connectivity index (χ0) is 16.5. The van der Waals surface area contributed by atoms with Crippen molar-refractivity contribution in [1.29, 1.82) is 0 Å². The summed E-state index contributed by atoms with van der Waals surface area (Å²) < 4.78 is 5.28. The number of phenols is 3. The number of esters is 1. The van der Waals surface area contributed by atoms with Crippen molar-refractivity contribution >= 4 is 5.97 Å². The highest BCUT2D eigenvalue weighted by Gasteiger charge is 2.13. The Kier molecular flexibility index (Phi) is 7.57. The van der Waals surface area contributed by atoms with E-state index in [2.05, 4.69) is 13.8 Å². The van der Waals surface area contributed by atoms with Gasteiger partial charge in [-0.25, -0.2) is 0 Å². The topological polar surface area (TPSA) is 87.0 Å². The molecule has 0 saturated carbocycles. The van der Waals surface area contributed by atoms with E-state index in [0.717, 1.165) is 31.7 Å². The molecule has 0 heterocycles. The van der Waals surface area contributed by atoms with Crippen molar-refractivity contribution in [3.05, 3.63) is 17.7 Å². The van der Waals surface area contributed by atoms with Gasteiger partial charge in [-0.1, -0.05) is 33.1 Å². The zero-order valence-corrected chi connectivity index (χ0v) is 13.3. The maximum Gasteiger partial charge on any atom is 0.306 e. The molecule has 1 aromatic rings. The van der Waals surface area contributed by atoms with E-state index in [1.54, 1.807) is 0 Å². The van der Waals surface area contributed by atoms with Crippen LogP contribution in [0.1, 0.15) is 51.5 Å². The van der Waals surface area contributed by atoms with Crippen molar-refractivity contribution in [2.45, 2.75) is 52.4 Å². The van der Waals surface area contributed by atoms with E-state index in [9.17, 15) is 20.1 Å². The Labute approximate surface area is 131 Å². The standard InChI is InChI=1S/C17H26O5/c1-3-5-6-12(4-2)11-22-17(21)8-7-13-9-15(19)16(20)10-14(13)18/h9-10,12,18-20H,3-8,11H2,1-2H3. The predicted molar refractivity (Wildman–Crippen MR) is 84.0 cm³/mol. The Bertz CT molecular complexity index is 484. The van der Waals surface area contributed by atoms with E-state index < -0.39 is 0 Å². The van der Waals surface area contributed by atoms with Crippen LogP contribution in [-0.2, 0) is 16.0 Å². The van der Waals surface area contributed by atoms with Gasteiger partial charge in [-0.2, -0.15) is 0 Å². The lowest BCUT2D eigenvalue weighted by molar-refractivity contribution is -0.145. The van der Waals surface area contributed by atoms with Gasteiger partial charge in [0.15, 0.2) is 11.5 Å². The van der Waals surface area contributed by atoms with Gasteiger partial charge in [0.2, 0.25) is 0 Å². The van der Waals surface area contributed by atoms with E-state index in [1.807, 2.05) is 0 Å².